The Kier molecular flexibility index (Phi) is 5.55. The first-order chi connectivity index (χ1) is 12.6. The number of rotatable bonds is 6. The molecule has 3 rings (SSSR count). The van der Waals surface area contributed by atoms with Crippen molar-refractivity contribution >= 4 is 28.5 Å². The highest BCUT2D eigenvalue weighted by Gasteiger charge is 2.04. The quantitative estimate of drug-likeness (QED) is 0.622. The molecule has 0 bridgehead atoms. The first-order valence-electron chi connectivity index (χ1n) is 7.69. The molecular weight excluding hydrogens is 352 g/mol. The molecule has 2 N–H and O–H groups in total. The fraction of sp³-hybridized carbons (Fsp3) is 0.0556. The van der Waals surface area contributed by atoms with Gasteiger partial charge >= 0.3 is 11.3 Å². The largest absolute Gasteiger partial charge is 0.508 e. The van der Waals surface area contributed by atoms with E-state index in [2.05, 4.69) is 19.9 Å². The summed E-state index contributed by atoms with van der Waals surface area (Å²) in [6.45, 7) is 1.79. The van der Waals surface area contributed by atoms with Gasteiger partial charge in [-0.1, -0.05) is 6.07 Å². The van der Waals surface area contributed by atoms with Crippen LogP contribution >= 0.6 is 0 Å². The monoisotopic (exact) mass is 368 g/mol. The van der Waals surface area contributed by atoms with Crippen LogP contribution in [0.5, 0.6) is 11.5 Å². The van der Waals surface area contributed by atoms with E-state index in [4.69, 9.17) is 4.18 Å². The minimum atomic E-state index is -1.76. The fourth-order valence-corrected chi connectivity index (χ4v) is 2.62. The molecule has 0 aliphatic heterocycles. The number of phenols is 1. The molecule has 132 valence electrons. The first-order valence-corrected chi connectivity index (χ1v) is 8.77. The summed E-state index contributed by atoms with van der Waals surface area (Å²) in [5.74, 6) is 1.10. The van der Waals surface area contributed by atoms with Gasteiger partial charge in [-0.05, 0) is 67.1 Å². The van der Waals surface area contributed by atoms with Crippen LogP contribution in [-0.4, -0.2) is 14.3 Å². The molecule has 1 atom stereocenters. The predicted molar refractivity (Wildman–Crippen MR) is 100 cm³/mol. The predicted octanol–water partition coefficient (Wildman–Crippen LogP) is 4.58. The van der Waals surface area contributed by atoms with Gasteiger partial charge in [-0.25, -0.2) is 4.98 Å². The maximum Gasteiger partial charge on any atom is 0.317 e. The molecule has 3 aromatic rings. The number of pyridine rings is 1. The summed E-state index contributed by atoms with van der Waals surface area (Å²) in [5.41, 5.74) is 1.99. The number of hydrogen-bond acceptors (Lipinski definition) is 6. The molecule has 1 unspecified atom stereocenters. The number of aromatic nitrogens is 1. The lowest BCUT2D eigenvalue weighted by molar-refractivity contribution is 0.471. The zero-order valence-electron chi connectivity index (χ0n) is 13.9. The van der Waals surface area contributed by atoms with E-state index in [0.29, 0.717) is 22.9 Å². The summed E-state index contributed by atoms with van der Waals surface area (Å²) in [5, 5.41) is 17.7. The van der Waals surface area contributed by atoms with Crippen molar-refractivity contribution in [2.24, 2.45) is 10.2 Å². The van der Waals surface area contributed by atoms with Gasteiger partial charge < -0.3 is 9.29 Å². The van der Waals surface area contributed by atoms with Gasteiger partial charge in [-0.15, -0.1) is 0 Å². The lowest BCUT2D eigenvalue weighted by atomic mass is 10.2. The Bertz CT molecular complexity index is 931. The minimum Gasteiger partial charge on any atom is -0.508 e. The van der Waals surface area contributed by atoms with Gasteiger partial charge in [0.2, 0.25) is 0 Å². The Hall–Kier alpha value is -3.26. The highest BCUT2D eigenvalue weighted by atomic mass is 32.2. The Labute approximate surface area is 153 Å². The van der Waals surface area contributed by atoms with E-state index in [1.807, 2.05) is 0 Å². The number of azo groups is 1. The van der Waals surface area contributed by atoms with Crippen molar-refractivity contribution in [2.75, 3.05) is 4.72 Å². The van der Waals surface area contributed by atoms with E-state index in [1.54, 1.807) is 73.8 Å². The number of aryl methyl sites for hydroxylation is 1. The van der Waals surface area contributed by atoms with Crippen molar-refractivity contribution in [3.63, 3.8) is 0 Å². The third kappa shape index (κ3) is 4.87. The zero-order valence-corrected chi connectivity index (χ0v) is 14.7. The molecule has 0 amide bonds. The van der Waals surface area contributed by atoms with Crippen molar-refractivity contribution in [1.29, 1.82) is 0 Å². The molecule has 0 aliphatic carbocycles. The summed E-state index contributed by atoms with van der Waals surface area (Å²) in [4.78, 5) is 4.01. The molecule has 0 saturated carbocycles. The van der Waals surface area contributed by atoms with Crippen LogP contribution in [0.3, 0.4) is 0 Å². The molecular formula is C18H16N4O3S. The Balaban J connectivity index is 1.60. The lowest BCUT2D eigenvalue weighted by Gasteiger charge is -2.06. The number of nitrogens with one attached hydrogen (secondary N) is 1. The number of hydrogen-bond donors (Lipinski definition) is 2. The second-order valence-electron chi connectivity index (χ2n) is 5.30. The number of anilines is 1. The van der Waals surface area contributed by atoms with Crippen LogP contribution in [0, 0.1) is 6.92 Å². The first kappa shape index (κ1) is 17.6. The average Bonchev–Trinajstić information content (AvgIpc) is 2.64. The highest BCUT2D eigenvalue weighted by molar-refractivity contribution is 7.81. The van der Waals surface area contributed by atoms with Gasteiger partial charge in [-0.2, -0.15) is 14.4 Å². The van der Waals surface area contributed by atoms with Crippen LogP contribution in [-0.2, 0) is 11.3 Å². The Morgan fingerprint density at radius 1 is 1.04 bits per heavy atom. The molecule has 1 heterocycles. The topological polar surface area (TPSA) is 96.2 Å². The van der Waals surface area contributed by atoms with E-state index in [9.17, 15) is 9.32 Å². The van der Waals surface area contributed by atoms with Crippen molar-refractivity contribution in [3.8, 4) is 11.5 Å². The lowest BCUT2D eigenvalue weighted by Crippen LogP contribution is -2.11. The van der Waals surface area contributed by atoms with Gasteiger partial charge in [0.15, 0.2) is 0 Å². The normalized spacial score (nSPS) is 12.0. The maximum absolute atomic E-state index is 11.9. The highest BCUT2D eigenvalue weighted by Crippen LogP contribution is 2.25. The number of phenolic OH excluding ortho intramolecular Hbond substituents is 1. The summed E-state index contributed by atoms with van der Waals surface area (Å²) in [7, 11) is 0. The van der Waals surface area contributed by atoms with Crippen molar-refractivity contribution in [3.05, 3.63) is 72.4 Å². The SMILES string of the molecule is Cc1cc(N=Nc2ccc(OS(=O)Nc3ccccn3)cc2)ccc1O. The maximum atomic E-state index is 11.9. The third-order valence-electron chi connectivity index (χ3n) is 3.32. The third-order valence-corrected chi connectivity index (χ3v) is 4.04. The van der Waals surface area contributed by atoms with E-state index < -0.39 is 11.3 Å². The summed E-state index contributed by atoms with van der Waals surface area (Å²) in [6.07, 6.45) is 1.59. The van der Waals surface area contributed by atoms with Gasteiger partial charge in [0, 0.05) is 6.20 Å². The van der Waals surface area contributed by atoms with Crippen LogP contribution in [0.1, 0.15) is 5.56 Å². The number of aromatic hydroxyl groups is 1. The summed E-state index contributed by atoms with van der Waals surface area (Å²) in [6, 6.07) is 16.9. The molecule has 1 aromatic heterocycles. The van der Waals surface area contributed by atoms with Crippen LogP contribution in [0.15, 0.2) is 77.1 Å². The summed E-state index contributed by atoms with van der Waals surface area (Å²) >= 11 is -1.76. The van der Waals surface area contributed by atoms with Gasteiger partial charge in [0.05, 0.1) is 11.4 Å². The molecule has 0 radical (unpaired) electrons. The van der Waals surface area contributed by atoms with Crippen LogP contribution in [0.4, 0.5) is 17.2 Å². The number of benzene rings is 2. The molecule has 0 saturated heterocycles. The molecule has 0 fully saturated rings. The van der Waals surface area contributed by atoms with Gasteiger partial charge in [0.1, 0.15) is 17.3 Å². The zero-order chi connectivity index (χ0) is 18.4. The van der Waals surface area contributed by atoms with E-state index in [-0.39, 0.29) is 5.75 Å². The van der Waals surface area contributed by atoms with Crippen molar-refractivity contribution in [1.82, 2.24) is 4.98 Å². The average molecular weight is 368 g/mol. The standard InChI is InChI=1S/C18H16N4O3S/c1-13-12-15(7-10-17(13)23)21-20-14-5-8-16(9-6-14)25-26(24)22-18-4-2-3-11-19-18/h2-12,23H,1H3,(H,19,22). The summed E-state index contributed by atoms with van der Waals surface area (Å²) < 4.78 is 19.8. The Morgan fingerprint density at radius 2 is 1.77 bits per heavy atom. The molecule has 8 heteroatoms. The van der Waals surface area contributed by atoms with Crippen LogP contribution < -0.4 is 8.91 Å². The van der Waals surface area contributed by atoms with E-state index in [0.717, 1.165) is 5.56 Å². The van der Waals surface area contributed by atoms with Gasteiger partial charge in [-0.3, -0.25) is 4.72 Å². The van der Waals surface area contributed by atoms with Crippen molar-refractivity contribution < 1.29 is 13.5 Å². The second kappa shape index (κ2) is 8.21. The van der Waals surface area contributed by atoms with Crippen LogP contribution in [0.2, 0.25) is 0 Å². The molecule has 0 aliphatic rings. The smallest absolute Gasteiger partial charge is 0.317 e. The fourth-order valence-electron chi connectivity index (χ4n) is 2.00. The molecule has 7 nitrogen and oxygen atoms in total. The van der Waals surface area contributed by atoms with E-state index in [1.165, 1.54) is 0 Å². The molecule has 2 aromatic carbocycles. The molecule has 26 heavy (non-hydrogen) atoms. The second-order valence-corrected chi connectivity index (χ2v) is 6.14. The van der Waals surface area contributed by atoms with Gasteiger partial charge in [0.25, 0.3) is 0 Å². The molecule has 0 spiro atoms. The number of nitrogens with zero attached hydrogens (tertiary/aromatic N) is 3. The minimum absolute atomic E-state index is 0.220. The van der Waals surface area contributed by atoms with Crippen LogP contribution in [0.25, 0.3) is 0 Å². The van der Waals surface area contributed by atoms with E-state index >= 15 is 0 Å². The van der Waals surface area contributed by atoms with Crippen molar-refractivity contribution in [2.45, 2.75) is 6.92 Å². The Morgan fingerprint density at radius 3 is 2.46 bits per heavy atom.